The molecule has 0 aromatic rings. The molecule has 0 radical (unpaired) electrons. The van der Waals surface area contributed by atoms with Gasteiger partial charge in [-0.05, 0) is 76.8 Å². The lowest BCUT2D eigenvalue weighted by Crippen LogP contribution is -2.38. The third kappa shape index (κ3) is 5.58. The summed E-state index contributed by atoms with van der Waals surface area (Å²) < 4.78 is 0. The largest absolute Gasteiger partial charge is 0.356 e. The highest BCUT2D eigenvalue weighted by atomic mass is 16.2. The number of hydrogen-bond donors (Lipinski definition) is 2. The Hall–Kier alpha value is -0.900. The van der Waals surface area contributed by atoms with E-state index in [2.05, 4.69) is 10.6 Å². The van der Waals surface area contributed by atoms with E-state index in [4.69, 9.17) is 0 Å². The second kappa shape index (κ2) is 9.55. The number of amides is 1. The van der Waals surface area contributed by atoms with Gasteiger partial charge in [-0.2, -0.15) is 0 Å². The third-order valence-electron chi connectivity index (χ3n) is 6.09. The molecule has 2 rings (SSSR count). The third-order valence-corrected chi connectivity index (χ3v) is 6.09. The van der Waals surface area contributed by atoms with Crippen LogP contribution < -0.4 is 10.6 Å². The maximum atomic E-state index is 12.4. The predicted octanol–water partition coefficient (Wildman–Crippen LogP) is 3.16. The van der Waals surface area contributed by atoms with Gasteiger partial charge in [0.25, 0.3) is 0 Å². The van der Waals surface area contributed by atoms with Gasteiger partial charge in [0, 0.05) is 24.3 Å². The second-order valence-corrected chi connectivity index (χ2v) is 8.30. The quantitative estimate of drug-likeness (QED) is 0.751. The monoisotopic (exact) mass is 336 g/mol. The van der Waals surface area contributed by atoms with E-state index in [9.17, 15) is 9.59 Å². The van der Waals surface area contributed by atoms with Crippen molar-refractivity contribution in [3.63, 3.8) is 0 Å². The van der Waals surface area contributed by atoms with E-state index >= 15 is 0 Å². The van der Waals surface area contributed by atoms with Gasteiger partial charge in [0.05, 0.1) is 0 Å². The van der Waals surface area contributed by atoms with Crippen molar-refractivity contribution < 1.29 is 9.59 Å². The number of hydrogen-bond acceptors (Lipinski definition) is 3. The van der Waals surface area contributed by atoms with E-state index in [0.717, 1.165) is 57.5 Å². The molecule has 2 aliphatic rings. The summed E-state index contributed by atoms with van der Waals surface area (Å²) in [6.07, 6.45) is 8.58. The lowest BCUT2D eigenvalue weighted by atomic mass is 9.77. The molecular formula is C20H36N2O2. The summed E-state index contributed by atoms with van der Waals surface area (Å²) in [5.74, 6) is 2.63. The van der Waals surface area contributed by atoms with Gasteiger partial charge in [-0.25, -0.2) is 0 Å². The van der Waals surface area contributed by atoms with Crippen LogP contribution >= 0.6 is 0 Å². The Bertz CT molecular complexity index is 406. The van der Waals surface area contributed by atoms with Gasteiger partial charge in [0.2, 0.25) is 5.91 Å². The molecule has 0 saturated heterocycles. The molecule has 1 amide bonds. The number of carbonyl (C=O) groups is 2. The molecule has 0 heterocycles. The Morgan fingerprint density at radius 1 is 0.833 bits per heavy atom. The van der Waals surface area contributed by atoms with E-state index in [0.29, 0.717) is 11.7 Å². The molecule has 0 spiro atoms. The molecule has 0 unspecified atom stereocenters. The fraction of sp³-hybridized carbons (Fsp3) is 0.900. The Labute approximate surface area is 147 Å². The summed E-state index contributed by atoms with van der Waals surface area (Å²) in [4.78, 5) is 24.5. The highest BCUT2D eigenvalue weighted by Crippen LogP contribution is 2.31. The molecule has 4 nitrogen and oxygen atoms in total. The molecular weight excluding hydrogens is 300 g/mol. The van der Waals surface area contributed by atoms with Crippen molar-refractivity contribution in [2.75, 3.05) is 20.1 Å². The average Bonchev–Trinajstić information content (AvgIpc) is 2.60. The van der Waals surface area contributed by atoms with Crippen molar-refractivity contribution in [1.82, 2.24) is 10.6 Å². The average molecular weight is 337 g/mol. The highest BCUT2D eigenvalue weighted by Gasteiger charge is 2.29. The van der Waals surface area contributed by atoms with Crippen LogP contribution in [0.15, 0.2) is 0 Å². The number of rotatable bonds is 7. The van der Waals surface area contributed by atoms with Crippen LogP contribution in [-0.4, -0.2) is 31.8 Å². The summed E-state index contributed by atoms with van der Waals surface area (Å²) in [6, 6.07) is 0. The van der Waals surface area contributed by atoms with Crippen molar-refractivity contribution in [3.05, 3.63) is 0 Å². The Morgan fingerprint density at radius 3 is 1.83 bits per heavy atom. The van der Waals surface area contributed by atoms with Crippen molar-refractivity contribution in [3.8, 4) is 0 Å². The van der Waals surface area contributed by atoms with Crippen molar-refractivity contribution in [2.45, 2.75) is 65.2 Å². The van der Waals surface area contributed by atoms with Crippen molar-refractivity contribution in [1.29, 1.82) is 0 Å². The molecule has 0 aromatic carbocycles. The minimum Gasteiger partial charge on any atom is -0.356 e. The molecule has 4 heteroatoms. The van der Waals surface area contributed by atoms with Crippen LogP contribution in [0.4, 0.5) is 0 Å². The first kappa shape index (κ1) is 19.4. The molecule has 0 aromatic heterocycles. The lowest BCUT2D eigenvalue weighted by molar-refractivity contribution is -0.128. The van der Waals surface area contributed by atoms with E-state index in [1.54, 1.807) is 0 Å². The predicted molar refractivity (Wildman–Crippen MR) is 97.7 cm³/mol. The fourth-order valence-corrected chi connectivity index (χ4v) is 4.43. The molecule has 2 fully saturated rings. The van der Waals surface area contributed by atoms with Crippen molar-refractivity contribution in [2.24, 2.45) is 29.6 Å². The molecule has 138 valence electrons. The van der Waals surface area contributed by atoms with Gasteiger partial charge >= 0.3 is 0 Å². The standard InChI is InChI=1S/C20H36N2O2/c1-14(2)19(23)17-8-4-16(5-9-17)13-22-20(24)18-10-6-15(7-11-18)12-21-3/h14-18,21H,4-13H2,1-3H3,(H,22,24). The summed E-state index contributed by atoms with van der Waals surface area (Å²) >= 11 is 0. The molecule has 0 aliphatic heterocycles. The second-order valence-electron chi connectivity index (χ2n) is 8.30. The summed E-state index contributed by atoms with van der Waals surface area (Å²) in [5, 5.41) is 6.44. The highest BCUT2D eigenvalue weighted by molar-refractivity contribution is 5.82. The molecule has 24 heavy (non-hydrogen) atoms. The Kier molecular flexibility index (Phi) is 7.73. The Balaban J connectivity index is 1.64. The summed E-state index contributed by atoms with van der Waals surface area (Å²) in [7, 11) is 2.00. The van der Waals surface area contributed by atoms with Crippen LogP contribution in [-0.2, 0) is 9.59 Å². The maximum Gasteiger partial charge on any atom is 0.223 e. The lowest BCUT2D eigenvalue weighted by Gasteiger charge is -2.30. The van der Waals surface area contributed by atoms with E-state index in [1.807, 2.05) is 20.9 Å². The van der Waals surface area contributed by atoms with Gasteiger partial charge in [0.1, 0.15) is 5.78 Å². The van der Waals surface area contributed by atoms with Crippen LogP contribution in [0.25, 0.3) is 0 Å². The molecule has 2 N–H and O–H groups in total. The Morgan fingerprint density at radius 2 is 1.33 bits per heavy atom. The smallest absolute Gasteiger partial charge is 0.223 e. The first-order valence-electron chi connectivity index (χ1n) is 9.97. The minimum absolute atomic E-state index is 0.157. The SMILES string of the molecule is CNCC1CCC(C(=O)NCC2CCC(C(=O)C(C)C)CC2)CC1. The first-order chi connectivity index (χ1) is 11.5. The zero-order valence-corrected chi connectivity index (χ0v) is 15.8. The fourth-order valence-electron chi connectivity index (χ4n) is 4.43. The van der Waals surface area contributed by atoms with Crippen LogP contribution in [0.2, 0.25) is 0 Å². The molecule has 0 bridgehead atoms. The van der Waals surface area contributed by atoms with Crippen LogP contribution in [0, 0.1) is 29.6 Å². The van der Waals surface area contributed by atoms with Gasteiger partial charge in [-0.15, -0.1) is 0 Å². The summed E-state index contributed by atoms with van der Waals surface area (Å²) in [6.45, 7) is 5.88. The van der Waals surface area contributed by atoms with E-state index < -0.39 is 0 Å². The van der Waals surface area contributed by atoms with Crippen LogP contribution in [0.3, 0.4) is 0 Å². The van der Waals surface area contributed by atoms with Crippen LogP contribution in [0.1, 0.15) is 65.2 Å². The minimum atomic E-state index is 0.157. The van der Waals surface area contributed by atoms with E-state index in [-0.39, 0.29) is 23.7 Å². The van der Waals surface area contributed by atoms with E-state index in [1.165, 1.54) is 12.8 Å². The van der Waals surface area contributed by atoms with Crippen LogP contribution in [0.5, 0.6) is 0 Å². The van der Waals surface area contributed by atoms with Gasteiger partial charge < -0.3 is 10.6 Å². The van der Waals surface area contributed by atoms with Crippen molar-refractivity contribution >= 4 is 11.7 Å². The zero-order valence-electron chi connectivity index (χ0n) is 15.8. The van der Waals surface area contributed by atoms with Gasteiger partial charge in [-0.1, -0.05) is 13.8 Å². The maximum absolute atomic E-state index is 12.4. The van der Waals surface area contributed by atoms with Gasteiger partial charge in [0.15, 0.2) is 0 Å². The molecule has 2 saturated carbocycles. The first-order valence-corrected chi connectivity index (χ1v) is 9.97. The number of nitrogens with one attached hydrogen (secondary N) is 2. The molecule has 0 atom stereocenters. The number of carbonyl (C=O) groups excluding carboxylic acids is 2. The topological polar surface area (TPSA) is 58.2 Å². The summed E-state index contributed by atoms with van der Waals surface area (Å²) in [5.41, 5.74) is 0. The zero-order chi connectivity index (χ0) is 17.5. The number of Topliss-reactive ketones (excluding diaryl/α,β-unsaturated/α-hetero) is 1. The number of ketones is 1. The normalized spacial score (nSPS) is 31.0. The molecule has 2 aliphatic carbocycles. The van der Waals surface area contributed by atoms with Gasteiger partial charge in [-0.3, -0.25) is 9.59 Å².